The first-order valence-electron chi connectivity index (χ1n) is 6.02. The number of hydrogen-bond acceptors (Lipinski definition) is 2. The molecule has 3 nitrogen and oxygen atoms in total. The lowest BCUT2D eigenvalue weighted by Crippen LogP contribution is -2.29. The highest BCUT2D eigenvalue weighted by Gasteiger charge is 2.22. The lowest BCUT2D eigenvalue weighted by atomic mass is 10.1. The largest absolute Gasteiger partial charge is 0.273 e. The highest BCUT2D eigenvalue weighted by atomic mass is 79.9. The van der Waals surface area contributed by atoms with Crippen molar-refractivity contribution in [3.05, 3.63) is 34.1 Å². The van der Waals surface area contributed by atoms with Gasteiger partial charge in [-0.25, -0.2) is 9.87 Å². The van der Waals surface area contributed by atoms with Crippen LogP contribution in [-0.4, -0.2) is 5.91 Å². The molecular formula is C13H15BrFNO2. The van der Waals surface area contributed by atoms with Crippen LogP contribution in [0.2, 0.25) is 0 Å². The van der Waals surface area contributed by atoms with E-state index in [2.05, 4.69) is 21.4 Å². The van der Waals surface area contributed by atoms with E-state index >= 15 is 0 Å². The Balaban J connectivity index is 1.79. The first kappa shape index (κ1) is 13.5. The molecule has 1 aromatic carbocycles. The molecule has 0 radical (unpaired) electrons. The molecule has 1 N–H and O–H groups in total. The van der Waals surface area contributed by atoms with Gasteiger partial charge in [0.25, 0.3) is 0 Å². The van der Waals surface area contributed by atoms with Crippen LogP contribution in [0.1, 0.15) is 31.2 Å². The van der Waals surface area contributed by atoms with Crippen molar-refractivity contribution < 1.29 is 14.0 Å². The molecule has 0 unspecified atom stereocenters. The van der Waals surface area contributed by atoms with Gasteiger partial charge in [0.2, 0.25) is 5.91 Å². The van der Waals surface area contributed by atoms with Crippen LogP contribution in [0.25, 0.3) is 0 Å². The van der Waals surface area contributed by atoms with Crippen molar-refractivity contribution in [1.29, 1.82) is 0 Å². The van der Waals surface area contributed by atoms with Crippen LogP contribution < -0.4 is 5.48 Å². The third-order valence-corrected chi connectivity index (χ3v) is 3.88. The summed E-state index contributed by atoms with van der Waals surface area (Å²) in [4.78, 5) is 16.8. The van der Waals surface area contributed by atoms with Crippen LogP contribution in [0.5, 0.6) is 0 Å². The first-order chi connectivity index (χ1) is 8.66. The van der Waals surface area contributed by atoms with Gasteiger partial charge in [0.1, 0.15) is 12.4 Å². The van der Waals surface area contributed by atoms with Gasteiger partial charge in [-0.2, -0.15) is 0 Å². The molecule has 0 spiro atoms. The minimum Gasteiger partial charge on any atom is -0.273 e. The third kappa shape index (κ3) is 3.53. The summed E-state index contributed by atoms with van der Waals surface area (Å²) in [5.74, 6) is -0.270. The molecule has 98 valence electrons. The molecule has 0 aliphatic heterocycles. The minimum atomic E-state index is -0.305. The van der Waals surface area contributed by atoms with Crippen molar-refractivity contribution >= 4 is 21.8 Å². The van der Waals surface area contributed by atoms with Crippen molar-refractivity contribution in [2.75, 3.05) is 0 Å². The van der Waals surface area contributed by atoms with Crippen molar-refractivity contribution in [1.82, 2.24) is 5.48 Å². The maximum atomic E-state index is 12.9. The second-order valence-corrected chi connectivity index (χ2v) is 5.33. The van der Waals surface area contributed by atoms with Gasteiger partial charge in [-0.05, 0) is 30.5 Å². The Bertz CT molecular complexity index is 433. The van der Waals surface area contributed by atoms with Crippen LogP contribution in [-0.2, 0) is 16.2 Å². The highest BCUT2D eigenvalue weighted by molar-refractivity contribution is 9.10. The zero-order chi connectivity index (χ0) is 13.0. The predicted octanol–water partition coefficient (Wildman–Crippen LogP) is 3.33. The van der Waals surface area contributed by atoms with Crippen molar-refractivity contribution in [3.8, 4) is 0 Å². The number of amides is 1. The average molecular weight is 316 g/mol. The van der Waals surface area contributed by atoms with Crippen LogP contribution in [0, 0.1) is 11.7 Å². The second-order valence-electron chi connectivity index (χ2n) is 4.47. The summed E-state index contributed by atoms with van der Waals surface area (Å²) in [6.45, 7) is 0.222. The molecule has 1 aliphatic carbocycles. The van der Waals surface area contributed by atoms with Crippen LogP contribution >= 0.6 is 15.9 Å². The number of halogens is 2. The van der Waals surface area contributed by atoms with Gasteiger partial charge >= 0.3 is 0 Å². The topological polar surface area (TPSA) is 38.3 Å². The number of hydrogen-bond donors (Lipinski definition) is 1. The van der Waals surface area contributed by atoms with Gasteiger partial charge in [-0.1, -0.05) is 34.8 Å². The molecule has 1 saturated carbocycles. The van der Waals surface area contributed by atoms with E-state index in [-0.39, 0.29) is 24.2 Å². The molecule has 0 bridgehead atoms. The fourth-order valence-corrected chi connectivity index (χ4v) is 2.56. The molecule has 1 aromatic rings. The quantitative estimate of drug-likeness (QED) is 0.865. The van der Waals surface area contributed by atoms with Gasteiger partial charge in [-0.3, -0.25) is 9.63 Å². The van der Waals surface area contributed by atoms with Gasteiger partial charge in [-0.15, -0.1) is 0 Å². The lowest BCUT2D eigenvalue weighted by molar-refractivity contribution is -0.138. The van der Waals surface area contributed by atoms with E-state index in [1.807, 2.05) is 0 Å². The third-order valence-electron chi connectivity index (χ3n) is 3.14. The summed E-state index contributed by atoms with van der Waals surface area (Å²) < 4.78 is 13.5. The molecule has 18 heavy (non-hydrogen) atoms. The molecule has 0 atom stereocenters. The molecule has 0 aromatic heterocycles. The zero-order valence-corrected chi connectivity index (χ0v) is 11.5. The van der Waals surface area contributed by atoms with Crippen LogP contribution in [0.3, 0.4) is 0 Å². The van der Waals surface area contributed by atoms with Gasteiger partial charge in [0, 0.05) is 10.4 Å². The highest BCUT2D eigenvalue weighted by Crippen LogP contribution is 2.24. The smallest absolute Gasteiger partial charge is 0.246 e. The standard InChI is InChI=1S/C13H15BrFNO2/c14-12-7-11(15)6-5-10(12)8-18-16-13(17)9-3-1-2-4-9/h5-7,9H,1-4,8H2,(H,16,17). The average Bonchev–Trinajstić information content (AvgIpc) is 2.85. The van der Waals surface area contributed by atoms with Crippen LogP contribution in [0.15, 0.2) is 22.7 Å². The maximum Gasteiger partial charge on any atom is 0.246 e. The molecule has 1 fully saturated rings. The van der Waals surface area contributed by atoms with E-state index in [0.29, 0.717) is 4.47 Å². The fraction of sp³-hybridized carbons (Fsp3) is 0.462. The Morgan fingerprint density at radius 3 is 2.83 bits per heavy atom. The van der Waals surface area contributed by atoms with E-state index in [4.69, 9.17) is 4.84 Å². The number of benzene rings is 1. The van der Waals surface area contributed by atoms with E-state index in [9.17, 15) is 9.18 Å². The van der Waals surface area contributed by atoms with Crippen molar-refractivity contribution in [3.63, 3.8) is 0 Å². The van der Waals surface area contributed by atoms with E-state index in [0.717, 1.165) is 31.2 Å². The Morgan fingerprint density at radius 1 is 1.44 bits per heavy atom. The SMILES string of the molecule is O=C(NOCc1ccc(F)cc1Br)C1CCCC1. The Hall–Kier alpha value is -0.940. The van der Waals surface area contributed by atoms with Crippen molar-refractivity contribution in [2.45, 2.75) is 32.3 Å². The summed E-state index contributed by atoms with van der Waals surface area (Å²) in [6.07, 6.45) is 4.11. The molecule has 2 rings (SSSR count). The Kier molecular flexibility index (Phi) is 4.72. The van der Waals surface area contributed by atoms with Crippen LogP contribution in [0.4, 0.5) is 4.39 Å². The van der Waals surface area contributed by atoms with E-state index < -0.39 is 0 Å². The number of rotatable bonds is 4. The second kappa shape index (κ2) is 6.29. The summed E-state index contributed by atoms with van der Waals surface area (Å²) in [5, 5.41) is 0. The van der Waals surface area contributed by atoms with E-state index in [1.54, 1.807) is 6.07 Å². The minimum absolute atomic E-state index is 0.0502. The molecule has 5 heteroatoms. The number of hydroxylamine groups is 1. The monoisotopic (exact) mass is 315 g/mol. The fourth-order valence-electron chi connectivity index (χ4n) is 2.10. The summed E-state index contributed by atoms with van der Waals surface area (Å²) in [7, 11) is 0. The molecule has 0 heterocycles. The van der Waals surface area contributed by atoms with Gasteiger partial charge in [0.05, 0.1) is 0 Å². The predicted molar refractivity (Wildman–Crippen MR) is 69.0 cm³/mol. The van der Waals surface area contributed by atoms with Crippen molar-refractivity contribution in [2.24, 2.45) is 5.92 Å². The molecule has 0 saturated heterocycles. The first-order valence-corrected chi connectivity index (χ1v) is 6.81. The normalized spacial score (nSPS) is 15.9. The van der Waals surface area contributed by atoms with E-state index in [1.165, 1.54) is 12.1 Å². The summed E-state index contributed by atoms with van der Waals surface area (Å²) in [6, 6.07) is 4.36. The molecular weight excluding hydrogens is 301 g/mol. The molecule has 1 aliphatic rings. The number of nitrogens with one attached hydrogen (secondary N) is 1. The molecule has 1 amide bonds. The Morgan fingerprint density at radius 2 is 2.17 bits per heavy atom. The lowest BCUT2D eigenvalue weighted by Gasteiger charge is -2.11. The van der Waals surface area contributed by atoms with Gasteiger partial charge < -0.3 is 0 Å². The summed E-state index contributed by atoms with van der Waals surface area (Å²) in [5.41, 5.74) is 3.26. The number of carbonyl (C=O) groups is 1. The summed E-state index contributed by atoms with van der Waals surface area (Å²) >= 11 is 3.25. The zero-order valence-electron chi connectivity index (χ0n) is 9.92. The Labute approximate surface area is 114 Å². The maximum absolute atomic E-state index is 12.9. The number of carbonyl (C=O) groups excluding carboxylic acids is 1. The van der Waals surface area contributed by atoms with Gasteiger partial charge in [0.15, 0.2) is 0 Å².